The summed E-state index contributed by atoms with van der Waals surface area (Å²) in [6.45, 7) is 1.90. The van der Waals surface area contributed by atoms with Crippen LogP contribution in [-0.2, 0) is 10.0 Å². The first-order valence-corrected chi connectivity index (χ1v) is 17.1. The van der Waals surface area contributed by atoms with Crippen molar-refractivity contribution in [3.8, 4) is 33.9 Å². The summed E-state index contributed by atoms with van der Waals surface area (Å²) < 4.78 is 54.7. The second-order valence-electron chi connectivity index (χ2n) is 11.7. The molecule has 3 aromatic carbocycles. The van der Waals surface area contributed by atoms with E-state index in [1.165, 1.54) is 29.7 Å². The summed E-state index contributed by atoms with van der Waals surface area (Å²) in [6, 6.07) is 20.2. The predicted molar refractivity (Wildman–Crippen MR) is 179 cm³/mol. The van der Waals surface area contributed by atoms with Crippen LogP contribution in [0.4, 0.5) is 10.1 Å². The Morgan fingerprint density at radius 3 is 2.47 bits per heavy atom. The Bertz CT molecular complexity index is 2190. The number of hydrogen-bond acceptors (Lipinski definition) is 8. The van der Waals surface area contributed by atoms with Crippen LogP contribution in [0.15, 0.2) is 87.8 Å². The molecule has 4 heterocycles. The average molecular weight is 654 g/mol. The minimum atomic E-state index is -3.77. The molecular weight excluding hydrogens is 621 g/mol. The van der Waals surface area contributed by atoms with Crippen LogP contribution >= 0.6 is 0 Å². The largest absolute Gasteiger partial charge is 0.455 e. The molecule has 0 spiro atoms. The van der Waals surface area contributed by atoms with E-state index in [2.05, 4.69) is 20.6 Å². The molecule has 1 aliphatic rings. The highest BCUT2D eigenvalue weighted by Crippen LogP contribution is 2.43. The number of carbonyl (C=O) groups excluding carboxylic acids is 1. The van der Waals surface area contributed by atoms with E-state index in [0.717, 1.165) is 25.9 Å². The molecule has 1 aliphatic heterocycles. The lowest BCUT2D eigenvalue weighted by molar-refractivity contribution is 0.0964. The highest BCUT2D eigenvalue weighted by molar-refractivity contribution is 7.92. The molecule has 3 aromatic heterocycles. The summed E-state index contributed by atoms with van der Waals surface area (Å²) in [6.07, 6.45) is 4.51. The zero-order chi connectivity index (χ0) is 32.7. The second-order valence-corrected chi connectivity index (χ2v) is 13.6. The molecule has 10 nitrogen and oxygen atoms in total. The molecule has 1 amide bonds. The Balaban J connectivity index is 1.47. The molecule has 0 aliphatic carbocycles. The van der Waals surface area contributed by atoms with Crippen molar-refractivity contribution in [1.82, 2.24) is 20.6 Å². The first-order valence-electron chi connectivity index (χ1n) is 15.3. The minimum absolute atomic E-state index is 0.140. The average Bonchev–Trinajstić information content (AvgIpc) is 3.68. The molecule has 47 heavy (non-hydrogen) atoms. The molecule has 240 valence electrons. The van der Waals surface area contributed by atoms with E-state index in [4.69, 9.17) is 8.83 Å². The fourth-order valence-corrected chi connectivity index (χ4v) is 7.14. The van der Waals surface area contributed by atoms with E-state index < -0.39 is 21.7 Å². The number of amides is 1. The third-order valence-corrected chi connectivity index (χ3v) is 9.65. The third-order valence-electron chi connectivity index (χ3n) is 8.50. The first-order chi connectivity index (χ1) is 22.7. The minimum Gasteiger partial charge on any atom is -0.455 e. The van der Waals surface area contributed by atoms with E-state index in [1.807, 2.05) is 24.3 Å². The van der Waals surface area contributed by atoms with Crippen molar-refractivity contribution < 1.29 is 26.4 Å². The van der Waals surface area contributed by atoms with Crippen LogP contribution < -0.4 is 14.9 Å². The van der Waals surface area contributed by atoms with E-state index in [-0.39, 0.29) is 23.8 Å². The molecule has 1 fully saturated rings. The highest BCUT2D eigenvalue weighted by Gasteiger charge is 2.29. The number of piperidine rings is 1. The lowest BCUT2D eigenvalue weighted by Crippen LogP contribution is -2.39. The number of halogens is 1. The van der Waals surface area contributed by atoms with Crippen LogP contribution in [0.3, 0.4) is 0 Å². The van der Waals surface area contributed by atoms with Gasteiger partial charge in [-0.15, -0.1) is 0 Å². The first kappa shape index (κ1) is 30.6. The number of rotatable bonds is 8. The fraction of sp³-hybridized carbons (Fsp3) is 0.229. The highest BCUT2D eigenvalue weighted by atomic mass is 32.2. The number of nitrogens with zero attached hydrogens (tertiary/aromatic N) is 3. The van der Waals surface area contributed by atoms with Crippen molar-refractivity contribution in [3.05, 3.63) is 90.4 Å². The van der Waals surface area contributed by atoms with Crippen molar-refractivity contribution in [1.29, 1.82) is 0 Å². The Hall–Kier alpha value is -5.07. The maximum Gasteiger partial charge on any atom is 0.255 e. The number of carbonyl (C=O) groups is 1. The molecule has 0 bridgehead atoms. The normalized spacial score (nSPS) is 14.1. The van der Waals surface area contributed by atoms with E-state index in [1.54, 1.807) is 42.6 Å². The van der Waals surface area contributed by atoms with Gasteiger partial charge in [0.1, 0.15) is 17.2 Å². The van der Waals surface area contributed by atoms with Gasteiger partial charge in [0.2, 0.25) is 15.9 Å². The Labute approximate surface area is 270 Å². The van der Waals surface area contributed by atoms with Crippen LogP contribution in [0.25, 0.3) is 56.1 Å². The number of nitrogens with one attached hydrogen (secondary N) is 2. The molecule has 1 saturated heterocycles. The van der Waals surface area contributed by atoms with Crippen molar-refractivity contribution in [3.63, 3.8) is 0 Å². The maximum atomic E-state index is 13.8. The SMILES string of the molecule is CNC(=O)c1c(-c2ccc(F)cc2)oc2cc(N(CC3CCNCC3)S(C)(=O)=O)c(-c3cccc(-c4nc5ncccc5o4)c3)cc12. The molecular formula is C35H32FN5O5S. The predicted octanol–water partition coefficient (Wildman–Crippen LogP) is 6.23. The molecule has 0 radical (unpaired) electrons. The summed E-state index contributed by atoms with van der Waals surface area (Å²) in [4.78, 5) is 22.2. The van der Waals surface area contributed by atoms with Crippen LogP contribution in [0.1, 0.15) is 23.2 Å². The van der Waals surface area contributed by atoms with Crippen molar-refractivity contribution in [2.75, 3.05) is 37.2 Å². The van der Waals surface area contributed by atoms with Crippen molar-refractivity contribution in [2.45, 2.75) is 12.8 Å². The second kappa shape index (κ2) is 12.3. The van der Waals surface area contributed by atoms with Gasteiger partial charge in [0.25, 0.3) is 5.91 Å². The molecule has 0 unspecified atom stereocenters. The summed E-state index contributed by atoms with van der Waals surface area (Å²) in [5.74, 6) is -0.0671. The smallest absolute Gasteiger partial charge is 0.255 e. The van der Waals surface area contributed by atoms with Gasteiger partial charge in [-0.05, 0) is 92.0 Å². The summed E-state index contributed by atoms with van der Waals surface area (Å²) in [5.41, 5.74) is 4.44. The van der Waals surface area contributed by atoms with Gasteiger partial charge >= 0.3 is 0 Å². The number of benzene rings is 3. The van der Waals surface area contributed by atoms with Gasteiger partial charge in [-0.25, -0.2) is 17.8 Å². The molecule has 7 rings (SSSR count). The number of oxazole rings is 1. The van der Waals surface area contributed by atoms with Gasteiger partial charge in [0.05, 0.1) is 17.5 Å². The number of furan rings is 1. The summed E-state index contributed by atoms with van der Waals surface area (Å²) in [7, 11) is -2.24. The molecule has 6 aromatic rings. The topological polar surface area (TPSA) is 131 Å². The lowest BCUT2D eigenvalue weighted by Gasteiger charge is -2.31. The zero-order valence-corrected chi connectivity index (χ0v) is 26.6. The molecule has 0 saturated carbocycles. The number of hydrogen-bond donors (Lipinski definition) is 2. The van der Waals surface area contributed by atoms with Crippen LogP contribution in [0.2, 0.25) is 0 Å². The Morgan fingerprint density at radius 2 is 1.74 bits per heavy atom. The van der Waals surface area contributed by atoms with E-state index in [0.29, 0.717) is 56.0 Å². The Morgan fingerprint density at radius 1 is 0.979 bits per heavy atom. The van der Waals surface area contributed by atoms with Gasteiger partial charge in [0.15, 0.2) is 11.2 Å². The fourth-order valence-electron chi connectivity index (χ4n) is 6.15. The number of fused-ring (bicyclic) bond motifs is 2. The maximum absolute atomic E-state index is 13.8. The summed E-state index contributed by atoms with van der Waals surface area (Å²) >= 11 is 0. The van der Waals surface area contributed by atoms with Gasteiger partial charge in [-0.1, -0.05) is 12.1 Å². The number of sulfonamides is 1. The quantitative estimate of drug-likeness (QED) is 0.198. The number of pyridine rings is 1. The number of aromatic nitrogens is 2. The molecule has 0 atom stereocenters. The third kappa shape index (κ3) is 5.97. The Kier molecular flexibility index (Phi) is 7.98. The zero-order valence-electron chi connectivity index (χ0n) is 25.8. The standard InChI is InChI=1S/C35H32FN5O5S/c1-37-34(42)31-27-18-26(23-5-3-6-24(17-23)35-40-33-29(46-35)7-4-14-39-33)28(41(47(2,43)44)20-21-12-15-38-16-13-21)19-30(27)45-32(31)22-8-10-25(36)11-9-22/h3-11,14,17-19,21,38H,12-13,15-16,20H2,1-2H3,(H,37,42). The van der Waals surface area contributed by atoms with Crippen LogP contribution in [-0.4, -0.2) is 57.2 Å². The number of anilines is 1. The van der Waals surface area contributed by atoms with E-state index in [9.17, 15) is 17.6 Å². The summed E-state index contributed by atoms with van der Waals surface area (Å²) in [5, 5.41) is 6.51. The van der Waals surface area contributed by atoms with E-state index >= 15 is 0 Å². The van der Waals surface area contributed by atoms with Gasteiger partial charge in [-0.3, -0.25) is 9.10 Å². The van der Waals surface area contributed by atoms with Crippen LogP contribution in [0.5, 0.6) is 0 Å². The van der Waals surface area contributed by atoms with Gasteiger partial charge in [0, 0.05) is 47.9 Å². The van der Waals surface area contributed by atoms with Crippen LogP contribution in [0, 0.1) is 11.7 Å². The van der Waals surface area contributed by atoms with Crippen molar-refractivity contribution >= 4 is 43.8 Å². The molecule has 12 heteroatoms. The van der Waals surface area contributed by atoms with Crippen molar-refractivity contribution in [2.24, 2.45) is 5.92 Å². The van der Waals surface area contributed by atoms with Gasteiger partial charge < -0.3 is 19.5 Å². The molecule has 2 N–H and O–H groups in total. The lowest BCUT2D eigenvalue weighted by atomic mass is 9.95. The van der Waals surface area contributed by atoms with Gasteiger partial charge in [-0.2, -0.15) is 4.98 Å². The monoisotopic (exact) mass is 653 g/mol.